The Labute approximate surface area is 89.8 Å². The van der Waals surface area contributed by atoms with Crippen molar-refractivity contribution in [1.29, 1.82) is 0 Å². The molecule has 14 heavy (non-hydrogen) atoms. The third-order valence-corrected chi connectivity index (χ3v) is 3.76. The van der Waals surface area contributed by atoms with Crippen molar-refractivity contribution < 1.29 is 0 Å². The van der Waals surface area contributed by atoms with E-state index in [1.807, 2.05) is 0 Å². The molecule has 1 fully saturated rings. The Morgan fingerprint density at radius 3 is 1.71 bits per heavy atom. The first-order valence-corrected chi connectivity index (χ1v) is 5.88. The monoisotopic (exact) mass is 194 g/mol. The third-order valence-electron chi connectivity index (χ3n) is 3.76. The molecular formula is C14H26. The maximum absolute atomic E-state index is 4.06. The van der Waals surface area contributed by atoms with E-state index in [0.717, 1.165) is 0 Å². The molecule has 1 aliphatic rings. The van der Waals surface area contributed by atoms with Crippen LogP contribution in [0.4, 0.5) is 0 Å². The van der Waals surface area contributed by atoms with Gasteiger partial charge in [0.2, 0.25) is 0 Å². The molecule has 0 aromatic carbocycles. The Hall–Kier alpha value is -0.260. The van der Waals surface area contributed by atoms with E-state index in [9.17, 15) is 0 Å². The number of hydrogen-bond donors (Lipinski definition) is 0. The van der Waals surface area contributed by atoms with Gasteiger partial charge in [0.05, 0.1) is 0 Å². The molecule has 0 amide bonds. The lowest BCUT2D eigenvalue weighted by atomic mass is 9.54. The Balaban J connectivity index is 2.96. The molecule has 0 radical (unpaired) electrons. The van der Waals surface area contributed by atoms with E-state index in [0.29, 0.717) is 16.2 Å². The topological polar surface area (TPSA) is 0 Å². The molecule has 0 aromatic heterocycles. The van der Waals surface area contributed by atoms with Crippen molar-refractivity contribution in [2.24, 2.45) is 16.2 Å². The van der Waals surface area contributed by atoms with Crippen LogP contribution in [0.3, 0.4) is 0 Å². The molecule has 1 saturated carbocycles. The fourth-order valence-corrected chi connectivity index (χ4v) is 3.93. The summed E-state index contributed by atoms with van der Waals surface area (Å²) >= 11 is 0. The average molecular weight is 194 g/mol. The minimum absolute atomic E-state index is 0.394. The fraction of sp³-hybridized carbons (Fsp3) is 0.857. The van der Waals surface area contributed by atoms with E-state index in [2.05, 4.69) is 47.3 Å². The van der Waals surface area contributed by atoms with Crippen LogP contribution in [0.15, 0.2) is 12.7 Å². The van der Waals surface area contributed by atoms with Crippen LogP contribution >= 0.6 is 0 Å². The largest absolute Gasteiger partial charge is 0.103 e. The van der Waals surface area contributed by atoms with Crippen LogP contribution in [0.1, 0.15) is 60.3 Å². The zero-order chi connectivity index (χ0) is 11.0. The zero-order valence-electron chi connectivity index (χ0n) is 10.6. The lowest BCUT2D eigenvalue weighted by molar-refractivity contribution is 0.0245. The smallest absolute Gasteiger partial charge is 0.0113 e. The van der Waals surface area contributed by atoms with Crippen LogP contribution in [0, 0.1) is 16.2 Å². The van der Waals surface area contributed by atoms with Crippen molar-refractivity contribution in [1.82, 2.24) is 0 Å². The van der Waals surface area contributed by atoms with Gasteiger partial charge >= 0.3 is 0 Å². The maximum atomic E-state index is 4.06. The van der Waals surface area contributed by atoms with Crippen molar-refractivity contribution in [2.75, 3.05) is 0 Å². The Bertz CT molecular complexity index is 204. The molecule has 0 nitrogen and oxygen atoms in total. The van der Waals surface area contributed by atoms with Gasteiger partial charge in [0.1, 0.15) is 0 Å². The van der Waals surface area contributed by atoms with Gasteiger partial charge in [-0.3, -0.25) is 0 Å². The minimum Gasteiger partial charge on any atom is -0.103 e. The molecule has 1 rings (SSSR count). The first-order chi connectivity index (χ1) is 6.24. The van der Waals surface area contributed by atoms with Crippen molar-refractivity contribution in [3.05, 3.63) is 12.7 Å². The van der Waals surface area contributed by atoms with E-state index >= 15 is 0 Å². The summed E-state index contributed by atoms with van der Waals surface area (Å²) < 4.78 is 0. The van der Waals surface area contributed by atoms with Gasteiger partial charge in [0, 0.05) is 0 Å². The molecule has 0 unspecified atom stereocenters. The summed E-state index contributed by atoms with van der Waals surface area (Å²) in [7, 11) is 0. The lowest BCUT2D eigenvalue weighted by Crippen LogP contribution is -2.40. The predicted octanol–water partition coefficient (Wildman–Crippen LogP) is 4.81. The number of hydrogen-bond acceptors (Lipinski definition) is 0. The Kier molecular flexibility index (Phi) is 2.87. The SMILES string of the molecule is C=CC1(CC)CC(C)(C)CC(C)(C)C1. The van der Waals surface area contributed by atoms with Crippen LogP contribution in [-0.4, -0.2) is 0 Å². The number of rotatable bonds is 2. The van der Waals surface area contributed by atoms with Crippen molar-refractivity contribution >= 4 is 0 Å². The van der Waals surface area contributed by atoms with E-state index in [1.54, 1.807) is 0 Å². The molecule has 0 heteroatoms. The molecular weight excluding hydrogens is 168 g/mol. The summed E-state index contributed by atoms with van der Waals surface area (Å²) in [6.07, 6.45) is 7.42. The first kappa shape index (κ1) is 11.8. The van der Waals surface area contributed by atoms with Gasteiger partial charge in [-0.25, -0.2) is 0 Å². The van der Waals surface area contributed by atoms with E-state index in [4.69, 9.17) is 0 Å². The molecule has 0 heterocycles. The summed E-state index contributed by atoms with van der Waals surface area (Å²) in [5.74, 6) is 0. The number of allylic oxidation sites excluding steroid dienone is 1. The molecule has 0 atom stereocenters. The normalized spacial score (nSPS) is 28.4. The van der Waals surface area contributed by atoms with Crippen molar-refractivity contribution in [3.63, 3.8) is 0 Å². The highest BCUT2D eigenvalue weighted by Crippen LogP contribution is 2.55. The van der Waals surface area contributed by atoms with Crippen LogP contribution in [0.2, 0.25) is 0 Å². The van der Waals surface area contributed by atoms with Crippen molar-refractivity contribution in [3.8, 4) is 0 Å². The molecule has 0 N–H and O–H groups in total. The van der Waals surface area contributed by atoms with Gasteiger partial charge in [0.25, 0.3) is 0 Å². The molecule has 0 aliphatic heterocycles. The van der Waals surface area contributed by atoms with E-state index in [1.165, 1.54) is 25.7 Å². The van der Waals surface area contributed by atoms with Gasteiger partial charge < -0.3 is 0 Å². The standard InChI is InChI=1S/C14H26/c1-7-14(8-2)10-12(3,4)9-13(5,6)11-14/h7H,1,8-11H2,2-6H3. The van der Waals surface area contributed by atoms with Gasteiger partial charge in [-0.05, 0) is 41.9 Å². The fourth-order valence-electron chi connectivity index (χ4n) is 3.93. The van der Waals surface area contributed by atoms with Gasteiger partial charge in [-0.1, -0.05) is 40.7 Å². The molecule has 0 aromatic rings. The second-order valence-corrected chi connectivity index (χ2v) is 6.78. The molecule has 0 saturated heterocycles. The van der Waals surface area contributed by atoms with Crippen LogP contribution in [0.5, 0.6) is 0 Å². The van der Waals surface area contributed by atoms with E-state index < -0.39 is 0 Å². The summed E-state index contributed by atoms with van der Waals surface area (Å²) in [6.45, 7) is 16.0. The Morgan fingerprint density at radius 2 is 1.43 bits per heavy atom. The third kappa shape index (κ3) is 2.40. The maximum Gasteiger partial charge on any atom is -0.0113 e. The van der Waals surface area contributed by atoms with Gasteiger partial charge in [0.15, 0.2) is 0 Å². The molecule has 0 spiro atoms. The van der Waals surface area contributed by atoms with Gasteiger partial charge in [-0.2, -0.15) is 0 Å². The average Bonchev–Trinajstić information content (AvgIpc) is 1.98. The zero-order valence-corrected chi connectivity index (χ0v) is 10.6. The highest BCUT2D eigenvalue weighted by Gasteiger charge is 2.44. The molecule has 82 valence electrons. The lowest BCUT2D eigenvalue weighted by Gasteiger charge is -2.51. The molecule has 0 bridgehead atoms. The molecule has 1 aliphatic carbocycles. The second kappa shape index (κ2) is 3.40. The highest BCUT2D eigenvalue weighted by molar-refractivity contribution is 5.04. The van der Waals surface area contributed by atoms with Gasteiger partial charge in [-0.15, -0.1) is 6.58 Å². The summed E-state index contributed by atoms with van der Waals surface area (Å²) in [4.78, 5) is 0. The highest BCUT2D eigenvalue weighted by atomic mass is 14.5. The van der Waals surface area contributed by atoms with Crippen LogP contribution in [0.25, 0.3) is 0 Å². The summed E-state index contributed by atoms with van der Waals surface area (Å²) in [5, 5.41) is 0. The first-order valence-electron chi connectivity index (χ1n) is 5.88. The second-order valence-electron chi connectivity index (χ2n) is 6.78. The van der Waals surface area contributed by atoms with E-state index in [-0.39, 0.29) is 0 Å². The van der Waals surface area contributed by atoms with Crippen molar-refractivity contribution in [2.45, 2.75) is 60.3 Å². The summed E-state index contributed by atoms with van der Waals surface area (Å²) in [5.41, 5.74) is 1.35. The summed E-state index contributed by atoms with van der Waals surface area (Å²) in [6, 6.07) is 0. The minimum atomic E-state index is 0.394. The quantitative estimate of drug-likeness (QED) is 0.554. The van der Waals surface area contributed by atoms with Crippen LogP contribution in [-0.2, 0) is 0 Å². The predicted molar refractivity (Wildman–Crippen MR) is 64.3 cm³/mol. The van der Waals surface area contributed by atoms with Crippen LogP contribution < -0.4 is 0 Å². The Morgan fingerprint density at radius 1 is 1.00 bits per heavy atom.